The Hall–Kier alpha value is -0.0800. The molecule has 104 valence electrons. The molecule has 0 aromatic carbocycles. The molecule has 0 fully saturated rings. The summed E-state index contributed by atoms with van der Waals surface area (Å²) in [6.07, 6.45) is 15.3. The molecule has 0 aliphatic carbocycles. The van der Waals surface area contributed by atoms with Crippen molar-refractivity contribution >= 4 is 0 Å². The maximum atomic E-state index is 3.26. The second-order valence-corrected chi connectivity index (χ2v) is 5.04. The molecule has 2 heteroatoms. The van der Waals surface area contributed by atoms with Crippen LogP contribution in [0.25, 0.3) is 0 Å². The molecule has 0 unspecified atom stereocenters. The average molecular weight is 242 g/mol. The van der Waals surface area contributed by atoms with E-state index >= 15 is 0 Å². The van der Waals surface area contributed by atoms with Crippen molar-refractivity contribution in [3.05, 3.63) is 0 Å². The predicted octanol–water partition coefficient (Wildman–Crippen LogP) is 4.41. The largest absolute Gasteiger partial charge is 0.258 e. The summed E-state index contributed by atoms with van der Waals surface area (Å²) in [5.74, 6) is 0. The van der Waals surface area contributed by atoms with Crippen LogP contribution in [0.1, 0.15) is 84.5 Å². The topological polar surface area (TPSA) is 24.1 Å². The molecule has 0 aromatic rings. The summed E-state index contributed by atoms with van der Waals surface area (Å²) in [4.78, 5) is 0. The molecule has 0 spiro atoms. The lowest BCUT2D eigenvalue weighted by Gasteiger charge is -2.05. The van der Waals surface area contributed by atoms with Crippen molar-refractivity contribution in [2.24, 2.45) is 0 Å². The van der Waals surface area contributed by atoms with Gasteiger partial charge in [-0.05, 0) is 12.8 Å². The smallest absolute Gasteiger partial charge is 0.00997 e. The van der Waals surface area contributed by atoms with Crippen LogP contribution in [-0.2, 0) is 0 Å². The van der Waals surface area contributed by atoms with Crippen molar-refractivity contribution < 1.29 is 0 Å². The van der Waals surface area contributed by atoms with E-state index in [1.807, 2.05) is 0 Å². The molecule has 0 radical (unpaired) electrons. The van der Waals surface area contributed by atoms with E-state index in [0.717, 1.165) is 13.1 Å². The normalized spacial score (nSPS) is 10.9. The Bertz CT molecular complexity index is 112. The highest BCUT2D eigenvalue weighted by Crippen LogP contribution is 2.09. The maximum absolute atomic E-state index is 3.26. The van der Waals surface area contributed by atoms with Gasteiger partial charge in [-0.3, -0.25) is 10.9 Å². The molecular formula is C15H34N2. The molecule has 2 nitrogen and oxygen atoms in total. The first-order chi connectivity index (χ1) is 8.41. The van der Waals surface area contributed by atoms with Gasteiger partial charge in [0.15, 0.2) is 0 Å². The summed E-state index contributed by atoms with van der Waals surface area (Å²) in [5, 5.41) is 0. The lowest BCUT2D eigenvalue weighted by molar-refractivity contribution is 0.495. The molecule has 0 saturated carbocycles. The van der Waals surface area contributed by atoms with E-state index in [0.29, 0.717) is 0 Å². The predicted molar refractivity (Wildman–Crippen MR) is 78.1 cm³/mol. The number of hydrogen-bond donors (Lipinski definition) is 2. The SMILES string of the molecule is CCCCCCCCCCCCNNCCC. The first kappa shape index (κ1) is 16.9. The molecule has 0 amide bonds. The van der Waals surface area contributed by atoms with Gasteiger partial charge in [0, 0.05) is 13.1 Å². The minimum Gasteiger partial charge on any atom is -0.258 e. The zero-order valence-electron chi connectivity index (χ0n) is 12.2. The first-order valence-corrected chi connectivity index (χ1v) is 7.87. The third kappa shape index (κ3) is 15.9. The van der Waals surface area contributed by atoms with Crippen molar-refractivity contribution in [2.45, 2.75) is 84.5 Å². The maximum Gasteiger partial charge on any atom is 0.00997 e. The van der Waals surface area contributed by atoms with Crippen LogP contribution in [0.5, 0.6) is 0 Å². The highest BCUT2D eigenvalue weighted by molar-refractivity contribution is 4.48. The Labute approximate surface area is 109 Å². The van der Waals surface area contributed by atoms with E-state index in [1.165, 1.54) is 70.6 Å². The molecule has 17 heavy (non-hydrogen) atoms. The van der Waals surface area contributed by atoms with Crippen molar-refractivity contribution in [2.75, 3.05) is 13.1 Å². The van der Waals surface area contributed by atoms with E-state index in [9.17, 15) is 0 Å². The number of hydrogen-bond acceptors (Lipinski definition) is 2. The highest BCUT2D eigenvalue weighted by atomic mass is 15.3. The molecule has 0 aliphatic rings. The molecule has 2 N–H and O–H groups in total. The molecule has 0 aliphatic heterocycles. The van der Waals surface area contributed by atoms with Crippen molar-refractivity contribution in [3.63, 3.8) is 0 Å². The van der Waals surface area contributed by atoms with Gasteiger partial charge in [-0.15, -0.1) is 0 Å². The fourth-order valence-corrected chi connectivity index (χ4v) is 2.00. The minimum atomic E-state index is 1.08. The molecule has 0 saturated heterocycles. The van der Waals surface area contributed by atoms with E-state index < -0.39 is 0 Å². The number of unbranched alkanes of at least 4 members (excludes halogenated alkanes) is 9. The summed E-state index contributed by atoms with van der Waals surface area (Å²) < 4.78 is 0. The van der Waals surface area contributed by atoms with Crippen molar-refractivity contribution in [1.29, 1.82) is 0 Å². The van der Waals surface area contributed by atoms with Crippen LogP contribution in [0, 0.1) is 0 Å². The van der Waals surface area contributed by atoms with E-state index in [-0.39, 0.29) is 0 Å². The second kappa shape index (κ2) is 15.9. The third-order valence-electron chi connectivity index (χ3n) is 3.16. The van der Waals surface area contributed by atoms with Gasteiger partial charge in [0.2, 0.25) is 0 Å². The van der Waals surface area contributed by atoms with Gasteiger partial charge in [-0.25, -0.2) is 0 Å². The Kier molecular flexibility index (Phi) is 15.8. The van der Waals surface area contributed by atoms with Crippen LogP contribution in [0.3, 0.4) is 0 Å². The Morgan fingerprint density at radius 1 is 0.471 bits per heavy atom. The highest BCUT2D eigenvalue weighted by Gasteiger charge is 1.92. The van der Waals surface area contributed by atoms with Crippen LogP contribution >= 0.6 is 0 Å². The zero-order chi connectivity index (χ0) is 12.6. The molecule has 0 rings (SSSR count). The second-order valence-electron chi connectivity index (χ2n) is 5.04. The van der Waals surface area contributed by atoms with Crippen LogP contribution < -0.4 is 10.9 Å². The lowest BCUT2D eigenvalue weighted by Crippen LogP contribution is -2.32. The van der Waals surface area contributed by atoms with Gasteiger partial charge in [0.25, 0.3) is 0 Å². The first-order valence-electron chi connectivity index (χ1n) is 7.87. The van der Waals surface area contributed by atoms with Gasteiger partial charge in [-0.1, -0.05) is 71.6 Å². The number of nitrogens with one attached hydrogen (secondary N) is 2. The molecule has 0 aromatic heterocycles. The van der Waals surface area contributed by atoms with Gasteiger partial charge >= 0.3 is 0 Å². The summed E-state index contributed by atoms with van der Waals surface area (Å²) in [7, 11) is 0. The van der Waals surface area contributed by atoms with Crippen LogP contribution in [-0.4, -0.2) is 13.1 Å². The van der Waals surface area contributed by atoms with E-state index in [1.54, 1.807) is 0 Å². The monoisotopic (exact) mass is 242 g/mol. The van der Waals surface area contributed by atoms with Gasteiger partial charge in [0.1, 0.15) is 0 Å². The van der Waals surface area contributed by atoms with Crippen LogP contribution in [0.15, 0.2) is 0 Å². The van der Waals surface area contributed by atoms with Gasteiger partial charge in [-0.2, -0.15) is 0 Å². The Morgan fingerprint density at radius 3 is 1.47 bits per heavy atom. The quantitative estimate of drug-likeness (QED) is 0.348. The van der Waals surface area contributed by atoms with E-state index in [4.69, 9.17) is 0 Å². The van der Waals surface area contributed by atoms with Crippen molar-refractivity contribution in [3.8, 4) is 0 Å². The molecular weight excluding hydrogens is 208 g/mol. The Balaban J connectivity index is 2.85. The third-order valence-corrected chi connectivity index (χ3v) is 3.16. The zero-order valence-corrected chi connectivity index (χ0v) is 12.2. The van der Waals surface area contributed by atoms with Gasteiger partial charge in [0.05, 0.1) is 0 Å². The van der Waals surface area contributed by atoms with E-state index in [2.05, 4.69) is 24.7 Å². The number of hydrazine groups is 1. The summed E-state index contributed by atoms with van der Waals surface area (Å²) in [5.41, 5.74) is 6.48. The molecule has 0 heterocycles. The van der Waals surface area contributed by atoms with Crippen molar-refractivity contribution in [1.82, 2.24) is 10.9 Å². The fourth-order valence-electron chi connectivity index (χ4n) is 2.00. The number of rotatable bonds is 14. The summed E-state index contributed by atoms with van der Waals surface area (Å²) in [6.45, 7) is 6.67. The summed E-state index contributed by atoms with van der Waals surface area (Å²) >= 11 is 0. The molecule has 0 atom stereocenters. The summed E-state index contributed by atoms with van der Waals surface area (Å²) in [6, 6.07) is 0. The van der Waals surface area contributed by atoms with Crippen LogP contribution in [0.4, 0.5) is 0 Å². The Morgan fingerprint density at radius 2 is 0.941 bits per heavy atom. The lowest BCUT2D eigenvalue weighted by atomic mass is 10.1. The minimum absolute atomic E-state index is 1.08. The van der Waals surface area contributed by atoms with Crippen LogP contribution in [0.2, 0.25) is 0 Å². The average Bonchev–Trinajstić information content (AvgIpc) is 2.35. The fraction of sp³-hybridized carbons (Fsp3) is 1.00. The van der Waals surface area contributed by atoms with Gasteiger partial charge < -0.3 is 0 Å². The standard InChI is InChI=1S/C15H34N2/c1-3-5-6-7-8-9-10-11-12-13-15-17-16-14-4-2/h16-17H,3-15H2,1-2H3. The molecule has 0 bridgehead atoms.